The van der Waals surface area contributed by atoms with Crippen LogP contribution in [0.2, 0.25) is 0 Å². The molecule has 4 aromatic rings. The van der Waals surface area contributed by atoms with Crippen molar-refractivity contribution in [2.45, 2.75) is 40.2 Å². The van der Waals surface area contributed by atoms with E-state index < -0.39 is 0 Å². The van der Waals surface area contributed by atoms with Crippen molar-refractivity contribution in [3.05, 3.63) is 81.7 Å². The average Bonchev–Trinajstić information content (AvgIpc) is 3.38. The van der Waals surface area contributed by atoms with Crippen LogP contribution in [0.15, 0.2) is 47.8 Å². The third-order valence-electron chi connectivity index (χ3n) is 7.53. The van der Waals surface area contributed by atoms with Crippen molar-refractivity contribution in [1.82, 2.24) is 24.1 Å². The molecule has 0 radical (unpaired) electrons. The van der Waals surface area contributed by atoms with Crippen molar-refractivity contribution < 1.29 is 9.59 Å². The second kappa shape index (κ2) is 9.00. The zero-order valence-electron chi connectivity index (χ0n) is 22.4. The number of nitrogens with one attached hydrogen (secondary N) is 1. The number of amides is 1. The molecule has 1 amide bonds. The summed E-state index contributed by atoms with van der Waals surface area (Å²) in [6.45, 7) is 7.35. The summed E-state index contributed by atoms with van der Waals surface area (Å²) in [6, 6.07) is 5.35. The predicted octanol–water partition coefficient (Wildman–Crippen LogP) is 3.69. The van der Waals surface area contributed by atoms with E-state index in [2.05, 4.69) is 38.7 Å². The van der Waals surface area contributed by atoms with Crippen LogP contribution in [0.4, 0.5) is 17.2 Å². The van der Waals surface area contributed by atoms with E-state index in [0.29, 0.717) is 58.5 Å². The van der Waals surface area contributed by atoms with E-state index in [-0.39, 0.29) is 16.9 Å². The molecule has 39 heavy (non-hydrogen) atoms. The SMILES string of the molecule is Cc1nccc(Nc2cc(-c3cncc(N4CCn5c(cc6c5CC(C)(C)C6)C4=O)c3C=O)cn(C)c2=O)n1. The van der Waals surface area contributed by atoms with Crippen LogP contribution in [-0.2, 0) is 26.4 Å². The fourth-order valence-electron chi connectivity index (χ4n) is 5.78. The molecule has 1 N–H and O–H groups in total. The van der Waals surface area contributed by atoms with E-state index in [9.17, 15) is 14.4 Å². The van der Waals surface area contributed by atoms with Gasteiger partial charge in [0, 0.05) is 61.1 Å². The largest absolute Gasteiger partial charge is 0.339 e. The third-order valence-corrected chi connectivity index (χ3v) is 7.53. The molecule has 6 rings (SSSR count). The maximum absolute atomic E-state index is 13.7. The van der Waals surface area contributed by atoms with Gasteiger partial charge in [-0.3, -0.25) is 19.4 Å². The van der Waals surface area contributed by atoms with Gasteiger partial charge in [-0.2, -0.15) is 0 Å². The first kappa shape index (κ1) is 24.7. The van der Waals surface area contributed by atoms with Gasteiger partial charge < -0.3 is 19.4 Å². The first-order valence-electron chi connectivity index (χ1n) is 12.9. The van der Waals surface area contributed by atoms with Gasteiger partial charge in [0.1, 0.15) is 23.0 Å². The predicted molar refractivity (Wildman–Crippen MR) is 148 cm³/mol. The molecule has 2 aliphatic rings. The van der Waals surface area contributed by atoms with E-state index in [1.54, 1.807) is 55.8 Å². The Labute approximate surface area is 225 Å². The van der Waals surface area contributed by atoms with Crippen LogP contribution >= 0.6 is 0 Å². The number of carbonyl (C=O) groups excluding carboxylic acids is 2. The Balaban J connectivity index is 1.38. The molecular weight excluding hydrogens is 494 g/mol. The monoisotopic (exact) mass is 523 g/mol. The fraction of sp³-hybridized carbons (Fsp3) is 0.310. The lowest BCUT2D eigenvalue weighted by Gasteiger charge is -2.31. The van der Waals surface area contributed by atoms with Gasteiger partial charge in [0.15, 0.2) is 6.29 Å². The van der Waals surface area contributed by atoms with Gasteiger partial charge in [-0.25, -0.2) is 9.97 Å². The van der Waals surface area contributed by atoms with Crippen molar-refractivity contribution in [3.8, 4) is 11.1 Å². The average molecular weight is 524 g/mol. The first-order chi connectivity index (χ1) is 18.6. The van der Waals surface area contributed by atoms with Crippen LogP contribution in [0.25, 0.3) is 11.1 Å². The van der Waals surface area contributed by atoms with Crippen LogP contribution in [0.1, 0.15) is 51.8 Å². The number of aldehydes is 1. The van der Waals surface area contributed by atoms with Gasteiger partial charge >= 0.3 is 0 Å². The molecule has 0 aromatic carbocycles. The number of fused-ring (bicyclic) bond motifs is 3. The number of aromatic nitrogens is 5. The minimum atomic E-state index is -0.255. The van der Waals surface area contributed by atoms with Gasteiger partial charge in [0.05, 0.1) is 11.9 Å². The van der Waals surface area contributed by atoms with Gasteiger partial charge in [-0.05, 0) is 48.9 Å². The smallest absolute Gasteiger partial charge is 0.275 e. The van der Waals surface area contributed by atoms with Gasteiger partial charge in [-0.15, -0.1) is 0 Å². The summed E-state index contributed by atoms with van der Waals surface area (Å²) in [5, 5.41) is 3.06. The molecular formula is C29H29N7O3. The van der Waals surface area contributed by atoms with Crippen molar-refractivity contribution in [2.75, 3.05) is 16.8 Å². The highest BCUT2D eigenvalue weighted by atomic mass is 16.2. The normalized spacial score (nSPS) is 15.7. The molecule has 10 heteroatoms. The molecule has 1 aliphatic carbocycles. The molecule has 1 aliphatic heterocycles. The van der Waals surface area contributed by atoms with Gasteiger partial charge in [0.25, 0.3) is 11.5 Å². The zero-order valence-corrected chi connectivity index (χ0v) is 22.4. The molecule has 198 valence electrons. The first-order valence-corrected chi connectivity index (χ1v) is 12.9. The quantitative estimate of drug-likeness (QED) is 0.397. The van der Waals surface area contributed by atoms with Crippen molar-refractivity contribution >= 4 is 29.4 Å². The summed E-state index contributed by atoms with van der Waals surface area (Å²) in [6.07, 6.45) is 9.06. The van der Waals surface area contributed by atoms with E-state index in [1.165, 1.54) is 15.8 Å². The van der Waals surface area contributed by atoms with Crippen molar-refractivity contribution in [3.63, 3.8) is 0 Å². The molecule has 0 spiro atoms. The van der Waals surface area contributed by atoms with E-state index in [1.807, 2.05) is 6.07 Å². The summed E-state index contributed by atoms with van der Waals surface area (Å²) in [7, 11) is 1.64. The lowest BCUT2D eigenvalue weighted by Crippen LogP contribution is -2.41. The van der Waals surface area contributed by atoms with Crippen molar-refractivity contribution in [1.29, 1.82) is 0 Å². The molecule has 0 bridgehead atoms. The number of pyridine rings is 2. The van der Waals surface area contributed by atoms with Crippen LogP contribution < -0.4 is 15.8 Å². The Morgan fingerprint density at radius 3 is 2.69 bits per heavy atom. The van der Waals surface area contributed by atoms with Crippen molar-refractivity contribution in [2.24, 2.45) is 12.5 Å². The van der Waals surface area contributed by atoms with Crippen LogP contribution in [-0.4, -0.2) is 42.8 Å². The summed E-state index contributed by atoms with van der Waals surface area (Å²) in [5.41, 5.74) is 5.29. The molecule has 10 nitrogen and oxygen atoms in total. The van der Waals surface area contributed by atoms with Crippen LogP contribution in [0, 0.1) is 12.3 Å². The third kappa shape index (κ3) is 4.21. The number of nitrogens with zero attached hydrogens (tertiary/aromatic N) is 6. The number of hydrogen-bond donors (Lipinski definition) is 1. The highest BCUT2D eigenvalue weighted by Gasteiger charge is 2.37. The number of hydrogen-bond acceptors (Lipinski definition) is 7. The lowest BCUT2D eigenvalue weighted by molar-refractivity contribution is 0.0964. The molecule has 0 unspecified atom stereocenters. The Morgan fingerprint density at radius 2 is 1.92 bits per heavy atom. The Hall–Kier alpha value is -4.60. The van der Waals surface area contributed by atoms with E-state index in [4.69, 9.17) is 0 Å². The summed E-state index contributed by atoms with van der Waals surface area (Å²) >= 11 is 0. The Kier molecular flexibility index (Phi) is 5.71. The number of carbonyl (C=O) groups is 2. The molecule has 0 saturated carbocycles. The maximum atomic E-state index is 13.7. The second-order valence-electron chi connectivity index (χ2n) is 11.0. The topological polar surface area (TPSA) is 115 Å². The number of anilines is 3. The van der Waals surface area contributed by atoms with Gasteiger partial charge in [-0.1, -0.05) is 13.8 Å². The van der Waals surface area contributed by atoms with Crippen LogP contribution in [0.3, 0.4) is 0 Å². The standard InChI is InChI=1S/C29H29N7O3/c1-17-31-6-5-26(32-17)33-22-9-19(15-34(4)27(22)38)20-13-30-14-25(21(20)16-37)36-8-7-35-23(28(36)39)10-18-11-29(2,3)12-24(18)35/h5-6,9-10,13-16H,7-8,11-12H2,1-4H3,(H,31,32,33). The maximum Gasteiger partial charge on any atom is 0.275 e. The highest BCUT2D eigenvalue weighted by molar-refractivity contribution is 6.09. The van der Waals surface area contributed by atoms with E-state index >= 15 is 0 Å². The highest BCUT2D eigenvalue weighted by Crippen LogP contribution is 2.40. The second-order valence-corrected chi connectivity index (χ2v) is 11.0. The number of aryl methyl sites for hydroxylation is 2. The Morgan fingerprint density at radius 1 is 1.10 bits per heavy atom. The van der Waals surface area contributed by atoms with Crippen LogP contribution in [0.5, 0.6) is 0 Å². The number of rotatable bonds is 5. The lowest BCUT2D eigenvalue weighted by atomic mass is 9.90. The molecule has 0 atom stereocenters. The fourth-order valence-corrected chi connectivity index (χ4v) is 5.78. The summed E-state index contributed by atoms with van der Waals surface area (Å²) in [4.78, 5) is 53.5. The molecule has 4 aromatic heterocycles. The molecule has 5 heterocycles. The summed E-state index contributed by atoms with van der Waals surface area (Å²) in [5.74, 6) is 0.910. The van der Waals surface area contributed by atoms with Gasteiger partial charge in [0.2, 0.25) is 0 Å². The molecule has 0 fully saturated rings. The zero-order chi connectivity index (χ0) is 27.5. The minimum Gasteiger partial charge on any atom is -0.339 e. The molecule has 0 saturated heterocycles. The van der Waals surface area contributed by atoms with E-state index in [0.717, 1.165) is 19.1 Å². The Bertz CT molecular complexity index is 1720. The minimum absolute atomic E-state index is 0.141. The summed E-state index contributed by atoms with van der Waals surface area (Å²) < 4.78 is 3.58.